The molecule has 1 fully saturated rings. The average molecular weight is 417 g/mol. The standard InChI is InChI=1S/C26H32N4O/c1-3-7-25(31)27-19-20-10-12-21(13-11-20)24-18-22-8-5-6-9-23(22)26(28-24)30-16-14-29(4-2)15-17-30/h5-6,8-13,18H,3-4,7,14-17,19H2,1-2H3,(H,27,31). The maximum atomic E-state index is 11.7. The van der Waals surface area contributed by atoms with E-state index in [1.807, 2.05) is 6.92 Å². The van der Waals surface area contributed by atoms with Gasteiger partial charge in [0.25, 0.3) is 0 Å². The SMILES string of the molecule is CCCC(=O)NCc1ccc(-c2cc3ccccc3c(N3CCN(CC)CC3)n2)cc1. The van der Waals surface area contributed by atoms with E-state index in [0.717, 1.165) is 61.8 Å². The summed E-state index contributed by atoms with van der Waals surface area (Å²) < 4.78 is 0. The Morgan fingerprint density at radius 2 is 1.74 bits per heavy atom. The van der Waals surface area contributed by atoms with Gasteiger partial charge in [0.2, 0.25) is 5.91 Å². The fourth-order valence-corrected chi connectivity index (χ4v) is 4.15. The zero-order valence-electron chi connectivity index (χ0n) is 18.6. The summed E-state index contributed by atoms with van der Waals surface area (Å²) in [6.45, 7) is 10.1. The van der Waals surface area contributed by atoms with Gasteiger partial charge >= 0.3 is 0 Å². The van der Waals surface area contributed by atoms with Crippen molar-refractivity contribution in [1.29, 1.82) is 0 Å². The van der Waals surface area contributed by atoms with Crippen LogP contribution in [-0.2, 0) is 11.3 Å². The molecule has 1 amide bonds. The normalized spacial score (nSPS) is 14.7. The van der Waals surface area contributed by atoms with Crippen LogP contribution in [0, 0.1) is 0 Å². The van der Waals surface area contributed by atoms with E-state index in [1.165, 1.54) is 10.8 Å². The molecule has 0 bridgehead atoms. The Morgan fingerprint density at radius 3 is 2.45 bits per heavy atom. The van der Waals surface area contributed by atoms with Gasteiger partial charge in [0.05, 0.1) is 5.69 Å². The molecule has 3 aromatic rings. The van der Waals surface area contributed by atoms with Crippen molar-refractivity contribution in [2.75, 3.05) is 37.6 Å². The van der Waals surface area contributed by atoms with Crippen molar-refractivity contribution >= 4 is 22.5 Å². The number of benzene rings is 2. The van der Waals surface area contributed by atoms with Crippen molar-refractivity contribution in [3.63, 3.8) is 0 Å². The Bertz CT molecular complexity index is 1020. The van der Waals surface area contributed by atoms with Crippen molar-refractivity contribution in [1.82, 2.24) is 15.2 Å². The van der Waals surface area contributed by atoms with Gasteiger partial charge in [-0.1, -0.05) is 62.4 Å². The zero-order chi connectivity index (χ0) is 21.6. The smallest absolute Gasteiger partial charge is 0.220 e. The second-order valence-corrected chi connectivity index (χ2v) is 8.20. The van der Waals surface area contributed by atoms with Crippen LogP contribution in [0.5, 0.6) is 0 Å². The summed E-state index contributed by atoms with van der Waals surface area (Å²) in [6, 6.07) is 19.1. The maximum absolute atomic E-state index is 11.7. The number of aromatic nitrogens is 1. The maximum Gasteiger partial charge on any atom is 0.220 e. The monoisotopic (exact) mass is 416 g/mol. The van der Waals surface area contributed by atoms with Crippen molar-refractivity contribution in [3.05, 3.63) is 60.2 Å². The van der Waals surface area contributed by atoms with E-state index in [-0.39, 0.29) is 5.91 Å². The van der Waals surface area contributed by atoms with E-state index in [2.05, 4.69) is 76.6 Å². The molecule has 1 aliphatic rings. The molecule has 5 nitrogen and oxygen atoms in total. The molecular weight excluding hydrogens is 384 g/mol. The number of pyridine rings is 1. The summed E-state index contributed by atoms with van der Waals surface area (Å²) in [5.74, 6) is 1.19. The molecule has 31 heavy (non-hydrogen) atoms. The second kappa shape index (κ2) is 9.92. The molecule has 0 aliphatic carbocycles. The molecule has 1 saturated heterocycles. The van der Waals surface area contributed by atoms with Crippen LogP contribution in [0.25, 0.3) is 22.0 Å². The Morgan fingerprint density at radius 1 is 1.00 bits per heavy atom. The van der Waals surface area contributed by atoms with Crippen molar-refractivity contribution < 1.29 is 4.79 Å². The zero-order valence-corrected chi connectivity index (χ0v) is 18.6. The van der Waals surface area contributed by atoms with Crippen molar-refractivity contribution in [2.24, 2.45) is 0 Å². The quantitative estimate of drug-likeness (QED) is 0.618. The van der Waals surface area contributed by atoms with Gasteiger partial charge in [-0.2, -0.15) is 0 Å². The lowest BCUT2D eigenvalue weighted by atomic mass is 10.0. The molecule has 0 spiro atoms. The summed E-state index contributed by atoms with van der Waals surface area (Å²) in [7, 11) is 0. The van der Waals surface area contributed by atoms with E-state index in [1.54, 1.807) is 0 Å². The first-order valence-corrected chi connectivity index (χ1v) is 11.4. The van der Waals surface area contributed by atoms with Crippen molar-refractivity contribution in [2.45, 2.75) is 33.2 Å². The third kappa shape index (κ3) is 5.05. The van der Waals surface area contributed by atoms with E-state index in [0.29, 0.717) is 13.0 Å². The minimum absolute atomic E-state index is 0.107. The number of nitrogens with one attached hydrogen (secondary N) is 1. The molecule has 4 rings (SSSR count). The van der Waals surface area contributed by atoms with Crippen LogP contribution in [0.1, 0.15) is 32.3 Å². The molecule has 1 aromatic heterocycles. The number of carbonyl (C=O) groups excluding carboxylic acids is 1. The highest BCUT2D eigenvalue weighted by molar-refractivity contribution is 5.95. The molecule has 0 unspecified atom stereocenters. The first-order valence-electron chi connectivity index (χ1n) is 11.4. The highest BCUT2D eigenvalue weighted by atomic mass is 16.1. The summed E-state index contributed by atoms with van der Waals surface area (Å²) >= 11 is 0. The van der Waals surface area contributed by atoms with Crippen LogP contribution in [-0.4, -0.2) is 48.5 Å². The van der Waals surface area contributed by atoms with E-state index < -0.39 is 0 Å². The fraction of sp³-hybridized carbons (Fsp3) is 0.385. The number of hydrogen-bond donors (Lipinski definition) is 1. The third-order valence-corrected chi connectivity index (χ3v) is 6.06. The molecule has 0 radical (unpaired) electrons. The Balaban J connectivity index is 1.59. The molecular formula is C26H32N4O. The van der Waals surface area contributed by atoms with Gasteiger partial charge in [0.15, 0.2) is 0 Å². The Kier molecular flexibility index (Phi) is 6.82. The Labute approximate surface area is 185 Å². The van der Waals surface area contributed by atoms with Crippen LogP contribution >= 0.6 is 0 Å². The van der Waals surface area contributed by atoms with Gasteiger partial charge in [-0.05, 0) is 30.0 Å². The molecule has 1 aliphatic heterocycles. The van der Waals surface area contributed by atoms with Crippen LogP contribution in [0.3, 0.4) is 0 Å². The van der Waals surface area contributed by atoms with Gasteiger partial charge in [0, 0.05) is 50.1 Å². The number of fused-ring (bicyclic) bond motifs is 1. The number of carbonyl (C=O) groups is 1. The van der Waals surface area contributed by atoms with E-state index >= 15 is 0 Å². The third-order valence-electron chi connectivity index (χ3n) is 6.06. The summed E-state index contributed by atoms with van der Waals surface area (Å²) in [5.41, 5.74) is 3.20. The van der Waals surface area contributed by atoms with Crippen LogP contribution in [0.4, 0.5) is 5.82 Å². The average Bonchev–Trinajstić information content (AvgIpc) is 2.82. The Hall–Kier alpha value is -2.92. The number of nitrogens with zero attached hydrogens (tertiary/aromatic N) is 3. The van der Waals surface area contributed by atoms with E-state index in [4.69, 9.17) is 4.98 Å². The van der Waals surface area contributed by atoms with Gasteiger partial charge in [-0.15, -0.1) is 0 Å². The summed E-state index contributed by atoms with van der Waals surface area (Å²) in [6.07, 6.45) is 1.45. The first kappa shape index (κ1) is 21.3. The lowest BCUT2D eigenvalue weighted by Gasteiger charge is -2.35. The number of piperazine rings is 1. The first-order chi connectivity index (χ1) is 15.2. The van der Waals surface area contributed by atoms with Crippen LogP contribution < -0.4 is 10.2 Å². The van der Waals surface area contributed by atoms with Gasteiger partial charge in [-0.3, -0.25) is 4.79 Å². The number of hydrogen-bond acceptors (Lipinski definition) is 4. The summed E-state index contributed by atoms with van der Waals surface area (Å²) in [4.78, 5) is 21.8. The predicted molar refractivity (Wildman–Crippen MR) is 128 cm³/mol. The number of likely N-dealkylation sites (N-methyl/N-ethyl adjacent to an activating group) is 1. The summed E-state index contributed by atoms with van der Waals surface area (Å²) in [5, 5.41) is 5.41. The molecule has 2 heterocycles. The minimum atomic E-state index is 0.107. The molecule has 162 valence electrons. The second-order valence-electron chi connectivity index (χ2n) is 8.20. The molecule has 0 atom stereocenters. The van der Waals surface area contributed by atoms with Gasteiger partial charge in [-0.25, -0.2) is 4.98 Å². The fourth-order valence-electron chi connectivity index (χ4n) is 4.15. The van der Waals surface area contributed by atoms with Crippen LogP contribution in [0.2, 0.25) is 0 Å². The van der Waals surface area contributed by atoms with Crippen LogP contribution in [0.15, 0.2) is 54.6 Å². The van der Waals surface area contributed by atoms with E-state index in [9.17, 15) is 4.79 Å². The van der Waals surface area contributed by atoms with Crippen molar-refractivity contribution in [3.8, 4) is 11.3 Å². The lowest BCUT2D eigenvalue weighted by Crippen LogP contribution is -2.46. The molecule has 2 aromatic carbocycles. The molecule has 5 heteroatoms. The highest BCUT2D eigenvalue weighted by Crippen LogP contribution is 2.30. The van der Waals surface area contributed by atoms with Gasteiger partial charge < -0.3 is 15.1 Å². The topological polar surface area (TPSA) is 48.5 Å². The molecule has 1 N–H and O–H groups in total. The molecule has 0 saturated carbocycles. The number of rotatable bonds is 7. The van der Waals surface area contributed by atoms with Gasteiger partial charge in [0.1, 0.15) is 5.82 Å². The lowest BCUT2D eigenvalue weighted by molar-refractivity contribution is -0.121. The number of amides is 1. The highest BCUT2D eigenvalue weighted by Gasteiger charge is 2.19. The minimum Gasteiger partial charge on any atom is -0.354 e. The number of anilines is 1. The largest absolute Gasteiger partial charge is 0.354 e. The predicted octanol–water partition coefficient (Wildman–Crippen LogP) is 4.46.